The van der Waals surface area contributed by atoms with Crippen LogP contribution in [-0.2, 0) is 0 Å². The average molecular weight is 324 g/mol. The Kier molecular flexibility index (Phi) is 8.08. The first kappa shape index (κ1) is 17.1. The number of nitrogens with two attached hydrogens (primary N) is 1. The summed E-state index contributed by atoms with van der Waals surface area (Å²) in [4.78, 5) is 12.0. The fraction of sp³-hybridized carbons (Fsp3) is 0.417. The van der Waals surface area contributed by atoms with E-state index in [-0.39, 0.29) is 18.3 Å². The predicted molar refractivity (Wildman–Crippen MR) is 85.5 cm³/mol. The molecule has 3 N–H and O–H groups in total. The molecule has 0 aromatic carbocycles. The topological polar surface area (TPSA) is 116 Å². The van der Waals surface area contributed by atoms with Crippen molar-refractivity contribution in [3.05, 3.63) is 22.4 Å². The number of nitrogens with one attached hydrogen (secondary N) is 1. The van der Waals surface area contributed by atoms with Gasteiger partial charge in [-0.25, -0.2) is 0 Å². The van der Waals surface area contributed by atoms with Crippen molar-refractivity contribution in [2.24, 2.45) is 21.2 Å². The maximum absolute atomic E-state index is 12.0. The number of rotatable bonds is 8. The molecule has 7 nitrogen and oxygen atoms in total. The van der Waals surface area contributed by atoms with Crippen LogP contribution in [0.4, 0.5) is 0 Å². The number of carbonyl (C=O) groups excluding carboxylic acids is 1. The highest BCUT2D eigenvalue weighted by atomic mass is 32.2. The Labute approximate surface area is 131 Å². The molecule has 1 rings (SSSR count). The largest absolute Gasteiger partial charge is 0.384 e. The Morgan fingerprint density at radius 2 is 2.48 bits per heavy atom. The van der Waals surface area contributed by atoms with Crippen LogP contribution in [0, 0.1) is 11.3 Å². The number of nitrogens with zero attached hydrogens (tertiary/aromatic N) is 4. The molecule has 1 aromatic rings. The molecule has 1 amide bonds. The van der Waals surface area contributed by atoms with Gasteiger partial charge in [0.2, 0.25) is 0 Å². The highest BCUT2D eigenvalue weighted by Gasteiger charge is 2.17. The third-order valence-corrected chi connectivity index (χ3v) is 3.75. The fourth-order valence-corrected chi connectivity index (χ4v) is 2.49. The first-order valence-electron chi connectivity index (χ1n) is 6.07. The number of hydrogen-bond donors (Lipinski definition) is 2. The van der Waals surface area contributed by atoms with Crippen molar-refractivity contribution in [3.63, 3.8) is 0 Å². The second-order valence-electron chi connectivity index (χ2n) is 3.89. The predicted octanol–water partition coefficient (Wildman–Crippen LogP) is 1.85. The second-order valence-corrected chi connectivity index (χ2v) is 5.66. The third-order valence-electron chi connectivity index (χ3n) is 2.42. The van der Waals surface area contributed by atoms with E-state index in [0.717, 1.165) is 5.75 Å². The molecule has 0 aliphatic rings. The van der Waals surface area contributed by atoms with Gasteiger partial charge in [-0.1, -0.05) is 0 Å². The van der Waals surface area contributed by atoms with Gasteiger partial charge in [0, 0.05) is 5.38 Å². The van der Waals surface area contributed by atoms with Crippen molar-refractivity contribution in [2.75, 3.05) is 18.6 Å². The molecule has 0 saturated heterocycles. The molecule has 1 aromatic heterocycles. The first-order valence-corrected chi connectivity index (χ1v) is 8.41. The van der Waals surface area contributed by atoms with E-state index in [2.05, 4.69) is 20.8 Å². The zero-order valence-electron chi connectivity index (χ0n) is 11.5. The molecule has 0 radical (unpaired) electrons. The van der Waals surface area contributed by atoms with E-state index in [9.17, 15) is 4.79 Å². The summed E-state index contributed by atoms with van der Waals surface area (Å²) in [5.74, 6) is 0.795. The molecule has 0 spiro atoms. The van der Waals surface area contributed by atoms with E-state index in [4.69, 9.17) is 11.0 Å². The number of nitriles is 1. The second kappa shape index (κ2) is 9.90. The molecule has 21 heavy (non-hydrogen) atoms. The van der Waals surface area contributed by atoms with E-state index < -0.39 is 6.04 Å². The fourth-order valence-electron chi connectivity index (χ4n) is 1.38. The number of hydrogen-bond acceptors (Lipinski definition) is 6. The molecule has 1 atom stereocenters. The minimum Gasteiger partial charge on any atom is -0.384 e. The summed E-state index contributed by atoms with van der Waals surface area (Å²) in [5, 5.41) is 25.5. The number of amides is 1. The summed E-state index contributed by atoms with van der Waals surface area (Å²) in [6, 6.07) is 3.14. The maximum Gasteiger partial charge on any atom is 0.252 e. The minimum atomic E-state index is -0.411. The van der Waals surface area contributed by atoms with Gasteiger partial charge in [0.15, 0.2) is 0 Å². The van der Waals surface area contributed by atoms with Crippen molar-refractivity contribution in [3.8, 4) is 6.07 Å². The zero-order valence-corrected chi connectivity index (χ0v) is 13.2. The summed E-state index contributed by atoms with van der Waals surface area (Å²) >= 11 is 3.10. The van der Waals surface area contributed by atoms with Gasteiger partial charge in [0.1, 0.15) is 12.4 Å². The van der Waals surface area contributed by atoms with Crippen LogP contribution in [0.1, 0.15) is 16.8 Å². The summed E-state index contributed by atoms with van der Waals surface area (Å²) in [6.45, 7) is -0.0759. The maximum atomic E-state index is 12.0. The van der Waals surface area contributed by atoms with Crippen LogP contribution in [-0.4, -0.2) is 36.3 Å². The molecule has 0 unspecified atom stereocenters. The lowest BCUT2D eigenvalue weighted by atomic mass is 10.2. The van der Waals surface area contributed by atoms with E-state index in [1.165, 1.54) is 11.3 Å². The summed E-state index contributed by atoms with van der Waals surface area (Å²) in [6.07, 6.45) is 2.61. The van der Waals surface area contributed by atoms with Gasteiger partial charge in [-0.15, -0.1) is 5.10 Å². The first-order chi connectivity index (χ1) is 10.2. The van der Waals surface area contributed by atoms with Crippen LogP contribution < -0.4 is 11.1 Å². The van der Waals surface area contributed by atoms with E-state index in [1.807, 2.05) is 17.7 Å². The lowest BCUT2D eigenvalue weighted by Gasteiger charge is -2.16. The Morgan fingerprint density at radius 3 is 3.10 bits per heavy atom. The molecule has 0 aliphatic carbocycles. The molecule has 0 saturated carbocycles. The standard InChI is InChI=1S/C12H16N6OS2/c1-20-6-3-10(11(14)17-18-15-5-4-13)16-12(19)9-2-7-21-8-9/h2,7-8,10H,3,5-6H2,1H3,(H,16,19)(H2,14,15,17)/t10-/m0/s1. The SMILES string of the molecule is CSCC[C@H](NC(=O)c1ccsc1)/C(N)=N/N=NCC#N. The summed E-state index contributed by atoms with van der Waals surface area (Å²) in [7, 11) is 0. The molecular formula is C12H16N6OS2. The van der Waals surface area contributed by atoms with E-state index in [0.29, 0.717) is 12.0 Å². The lowest BCUT2D eigenvalue weighted by Crippen LogP contribution is -2.44. The van der Waals surface area contributed by atoms with Crippen LogP contribution in [0.2, 0.25) is 0 Å². The quantitative estimate of drug-likeness (QED) is 0.249. The highest BCUT2D eigenvalue weighted by Crippen LogP contribution is 2.08. The van der Waals surface area contributed by atoms with Gasteiger partial charge in [-0.05, 0) is 35.1 Å². The molecule has 112 valence electrons. The zero-order chi connectivity index (χ0) is 15.5. The molecule has 0 bridgehead atoms. The Hall–Kier alpha value is -1.92. The molecular weight excluding hydrogens is 308 g/mol. The molecule has 0 aliphatic heterocycles. The van der Waals surface area contributed by atoms with Gasteiger partial charge >= 0.3 is 0 Å². The van der Waals surface area contributed by atoms with Gasteiger partial charge < -0.3 is 11.1 Å². The third kappa shape index (κ3) is 6.37. The van der Waals surface area contributed by atoms with Crippen molar-refractivity contribution in [1.29, 1.82) is 5.26 Å². The number of carbonyl (C=O) groups is 1. The molecule has 9 heteroatoms. The normalized spacial score (nSPS) is 13.0. The van der Waals surface area contributed by atoms with Crippen LogP contribution >= 0.6 is 23.1 Å². The Morgan fingerprint density at radius 1 is 1.67 bits per heavy atom. The van der Waals surface area contributed by atoms with E-state index in [1.54, 1.807) is 23.2 Å². The number of thiophene rings is 1. The van der Waals surface area contributed by atoms with Crippen LogP contribution in [0.15, 0.2) is 32.3 Å². The summed E-state index contributed by atoms with van der Waals surface area (Å²) in [5.41, 5.74) is 6.43. The van der Waals surface area contributed by atoms with Crippen molar-refractivity contribution < 1.29 is 4.79 Å². The summed E-state index contributed by atoms with van der Waals surface area (Å²) < 4.78 is 0. The van der Waals surface area contributed by atoms with Gasteiger partial charge in [-0.3, -0.25) is 4.79 Å². The van der Waals surface area contributed by atoms with Crippen molar-refractivity contribution in [2.45, 2.75) is 12.5 Å². The Balaban J connectivity index is 2.70. The smallest absolute Gasteiger partial charge is 0.252 e. The molecule has 1 heterocycles. The monoisotopic (exact) mass is 324 g/mol. The van der Waals surface area contributed by atoms with Crippen LogP contribution in [0.5, 0.6) is 0 Å². The highest BCUT2D eigenvalue weighted by molar-refractivity contribution is 7.98. The van der Waals surface area contributed by atoms with Gasteiger partial charge in [-0.2, -0.15) is 33.5 Å². The van der Waals surface area contributed by atoms with E-state index >= 15 is 0 Å². The minimum absolute atomic E-state index is 0.0759. The Bertz CT molecular complexity index is 534. The van der Waals surface area contributed by atoms with Crippen molar-refractivity contribution in [1.82, 2.24) is 5.32 Å². The van der Waals surface area contributed by atoms with Crippen LogP contribution in [0.25, 0.3) is 0 Å². The molecule has 0 fully saturated rings. The van der Waals surface area contributed by atoms with Crippen LogP contribution in [0.3, 0.4) is 0 Å². The number of amidine groups is 1. The van der Waals surface area contributed by atoms with Gasteiger partial charge in [0.05, 0.1) is 17.7 Å². The number of thioether (sulfide) groups is 1. The van der Waals surface area contributed by atoms with Crippen molar-refractivity contribution >= 4 is 34.8 Å². The lowest BCUT2D eigenvalue weighted by molar-refractivity contribution is 0.0946. The average Bonchev–Trinajstić information content (AvgIpc) is 3.02. The van der Waals surface area contributed by atoms with Gasteiger partial charge in [0.25, 0.3) is 5.91 Å².